The Bertz CT molecular complexity index is 496. The van der Waals surface area contributed by atoms with Gasteiger partial charge in [0.25, 0.3) is 0 Å². The van der Waals surface area contributed by atoms with Crippen molar-refractivity contribution in [3.63, 3.8) is 0 Å². The molecule has 4 heteroatoms. The predicted molar refractivity (Wildman–Crippen MR) is 92.0 cm³/mol. The van der Waals surface area contributed by atoms with Crippen LogP contribution in [0.5, 0.6) is 0 Å². The number of nitrogens with one attached hydrogen (secondary N) is 2. The largest absolute Gasteiger partial charge is 0.352 e. The van der Waals surface area contributed by atoms with E-state index in [4.69, 9.17) is 11.6 Å². The monoisotopic (exact) mass is 320 g/mol. The zero-order valence-corrected chi connectivity index (χ0v) is 13.8. The summed E-state index contributed by atoms with van der Waals surface area (Å²) < 4.78 is 0. The van der Waals surface area contributed by atoms with Crippen molar-refractivity contribution in [2.45, 2.75) is 45.1 Å². The van der Waals surface area contributed by atoms with Gasteiger partial charge < -0.3 is 10.6 Å². The van der Waals surface area contributed by atoms with Gasteiger partial charge in [-0.1, -0.05) is 35.4 Å². The lowest BCUT2D eigenvalue weighted by Crippen LogP contribution is -2.27. The Balaban J connectivity index is 1.52. The minimum absolute atomic E-state index is 0.0827. The Morgan fingerprint density at radius 1 is 1.14 bits per heavy atom. The van der Waals surface area contributed by atoms with Gasteiger partial charge in [0.1, 0.15) is 0 Å². The third-order valence-corrected chi connectivity index (χ3v) is 4.19. The number of halogens is 1. The molecule has 0 saturated carbocycles. The Hall–Kier alpha value is -1.32. The highest BCUT2D eigenvalue weighted by atomic mass is 35.5. The number of allylic oxidation sites excluding steroid dienone is 1. The highest BCUT2D eigenvalue weighted by molar-refractivity contribution is 6.30. The highest BCUT2D eigenvalue weighted by Crippen LogP contribution is 2.19. The minimum Gasteiger partial charge on any atom is -0.352 e. The van der Waals surface area contributed by atoms with Gasteiger partial charge in [-0.3, -0.25) is 4.79 Å². The van der Waals surface area contributed by atoms with Crippen LogP contribution in [0.15, 0.2) is 35.9 Å². The average molecular weight is 321 g/mol. The van der Waals surface area contributed by atoms with Crippen LogP contribution < -0.4 is 10.6 Å². The van der Waals surface area contributed by atoms with Crippen molar-refractivity contribution < 1.29 is 4.79 Å². The summed E-state index contributed by atoms with van der Waals surface area (Å²) in [7, 11) is 0. The summed E-state index contributed by atoms with van der Waals surface area (Å²) >= 11 is 5.83. The standard InChI is InChI=1S/C18H25ClN2O/c19-17-8-6-16(7-9-17)14-21-18(22)11-13-20-12-10-15-4-2-1-3-5-15/h4,6-9,20H,1-3,5,10-14H2,(H,21,22). The number of amides is 1. The zero-order chi connectivity index (χ0) is 15.6. The van der Waals surface area contributed by atoms with Crippen molar-refractivity contribution in [3.8, 4) is 0 Å². The maximum absolute atomic E-state index is 11.8. The van der Waals surface area contributed by atoms with Crippen LogP contribution in [0, 0.1) is 0 Å². The molecule has 1 aromatic rings. The van der Waals surface area contributed by atoms with E-state index in [2.05, 4.69) is 16.7 Å². The predicted octanol–water partition coefficient (Wildman–Crippen LogP) is 3.83. The average Bonchev–Trinajstić information content (AvgIpc) is 2.55. The summed E-state index contributed by atoms with van der Waals surface area (Å²) in [5, 5.41) is 6.99. The lowest BCUT2D eigenvalue weighted by Gasteiger charge is -2.12. The van der Waals surface area contributed by atoms with Gasteiger partial charge in [0.15, 0.2) is 0 Å². The van der Waals surface area contributed by atoms with E-state index in [1.807, 2.05) is 24.3 Å². The molecular weight excluding hydrogens is 296 g/mol. The molecule has 0 atom stereocenters. The lowest BCUT2D eigenvalue weighted by atomic mass is 9.97. The first kappa shape index (κ1) is 17.0. The SMILES string of the molecule is O=C(CCNCCC1=CCCCC1)NCc1ccc(Cl)cc1. The van der Waals surface area contributed by atoms with E-state index in [9.17, 15) is 4.79 Å². The fourth-order valence-corrected chi connectivity index (χ4v) is 2.72. The smallest absolute Gasteiger partial charge is 0.221 e. The van der Waals surface area contributed by atoms with Crippen LogP contribution in [0.2, 0.25) is 5.02 Å². The van der Waals surface area contributed by atoms with Gasteiger partial charge in [-0.05, 0) is 56.3 Å². The van der Waals surface area contributed by atoms with Crippen molar-refractivity contribution in [2.24, 2.45) is 0 Å². The number of benzene rings is 1. The molecule has 1 amide bonds. The number of carbonyl (C=O) groups excluding carboxylic acids is 1. The van der Waals surface area contributed by atoms with Gasteiger partial charge in [-0.2, -0.15) is 0 Å². The van der Waals surface area contributed by atoms with Gasteiger partial charge >= 0.3 is 0 Å². The van der Waals surface area contributed by atoms with Gasteiger partial charge in [0, 0.05) is 24.5 Å². The van der Waals surface area contributed by atoms with Crippen molar-refractivity contribution in [2.75, 3.05) is 13.1 Å². The first-order chi connectivity index (χ1) is 10.7. The van der Waals surface area contributed by atoms with E-state index in [0.29, 0.717) is 18.0 Å². The first-order valence-corrected chi connectivity index (χ1v) is 8.51. The fraction of sp³-hybridized carbons (Fsp3) is 0.500. The molecule has 0 bridgehead atoms. The van der Waals surface area contributed by atoms with Crippen molar-refractivity contribution in [3.05, 3.63) is 46.5 Å². The first-order valence-electron chi connectivity index (χ1n) is 8.14. The molecule has 0 fully saturated rings. The van der Waals surface area contributed by atoms with E-state index in [0.717, 1.165) is 25.1 Å². The topological polar surface area (TPSA) is 41.1 Å². The highest BCUT2D eigenvalue weighted by Gasteiger charge is 2.04. The number of hydrogen-bond acceptors (Lipinski definition) is 2. The van der Waals surface area contributed by atoms with Crippen LogP contribution in [-0.4, -0.2) is 19.0 Å². The molecule has 1 aromatic carbocycles. The molecule has 2 N–H and O–H groups in total. The Morgan fingerprint density at radius 3 is 2.68 bits per heavy atom. The molecule has 22 heavy (non-hydrogen) atoms. The van der Waals surface area contributed by atoms with Crippen LogP contribution in [0.25, 0.3) is 0 Å². The maximum atomic E-state index is 11.8. The van der Waals surface area contributed by atoms with Gasteiger partial charge in [-0.25, -0.2) is 0 Å². The molecule has 0 radical (unpaired) electrons. The lowest BCUT2D eigenvalue weighted by molar-refractivity contribution is -0.121. The second kappa shape index (κ2) is 9.65. The molecule has 2 rings (SSSR count). The Kier molecular flexibility index (Phi) is 7.47. The van der Waals surface area contributed by atoms with E-state index in [1.54, 1.807) is 5.57 Å². The molecule has 1 aliphatic carbocycles. The molecule has 0 unspecified atom stereocenters. The number of rotatable bonds is 8. The van der Waals surface area contributed by atoms with E-state index in [-0.39, 0.29) is 5.91 Å². The van der Waals surface area contributed by atoms with Crippen molar-refractivity contribution in [1.82, 2.24) is 10.6 Å². The summed E-state index contributed by atoms with van der Waals surface area (Å²) in [4.78, 5) is 11.8. The summed E-state index contributed by atoms with van der Waals surface area (Å²) in [5.41, 5.74) is 2.64. The molecule has 0 heterocycles. The van der Waals surface area contributed by atoms with Crippen LogP contribution in [0.3, 0.4) is 0 Å². The minimum atomic E-state index is 0.0827. The summed E-state index contributed by atoms with van der Waals surface area (Å²) in [6.45, 7) is 2.26. The zero-order valence-electron chi connectivity index (χ0n) is 13.0. The summed E-state index contributed by atoms with van der Waals surface area (Å²) in [5.74, 6) is 0.0827. The third kappa shape index (κ3) is 6.63. The molecule has 0 aliphatic heterocycles. The van der Waals surface area contributed by atoms with Crippen LogP contribution in [0.1, 0.15) is 44.1 Å². The molecule has 0 spiro atoms. The van der Waals surface area contributed by atoms with E-state index < -0.39 is 0 Å². The molecular formula is C18H25ClN2O. The van der Waals surface area contributed by atoms with Gasteiger partial charge in [-0.15, -0.1) is 0 Å². The summed E-state index contributed by atoms with van der Waals surface area (Å²) in [6.07, 6.45) is 9.18. The molecule has 0 aromatic heterocycles. The molecule has 1 aliphatic rings. The van der Waals surface area contributed by atoms with Crippen molar-refractivity contribution >= 4 is 17.5 Å². The second-order valence-corrected chi connectivity index (χ2v) is 6.20. The van der Waals surface area contributed by atoms with E-state index >= 15 is 0 Å². The summed E-state index contributed by atoms with van der Waals surface area (Å²) in [6, 6.07) is 7.53. The quantitative estimate of drug-likeness (QED) is 0.564. The maximum Gasteiger partial charge on any atom is 0.221 e. The van der Waals surface area contributed by atoms with Crippen LogP contribution in [0.4, 0.5) is 0 Å². The van der Waals surface area contributed by atoms with Gasteiger partial charge in [0.2, 0.25) is 5.91 Å². The van der Waals surface area contributed by atoms with Crippen molar-refractivity contribution in [1.29, 1.82) is 0 Å². The number of carbonyl (C=O) groups is 1. The van der Waals surface area contributed by atoms with Crippen LogP contribution >= 0.6 is 11.6 Å². The normalized spacial score (nSPS) is 14.5. The molecule has 0 saturated heterocycles. The Morgan fingerprint density at radius 2 is 1.95 bits per heavy atom. The van der Waals surface area contributed by atoms with Gasteiger partial charge in [0.05, 0.1) is 0 Å². The second-order valence-electron chi connectivity index (χ2n) is 5.76. The van der Waals surface area contributed by atoms with Crippen LogP contribution in [-0.2, 0) is 11.3 Å². The van der Waals surface area contributed by atoms with E-state index in [1.165, 1.54) is 25.7 Å². The molecule has 120 valence electrons. The fourth-order valence-electron chi connectivity index (χ4n) is 2.60. The molecule has 3 nitrogen and oxygen atoms in total. The Labute approximate surface area is 138 Å². The number of hydrogen-bond donors (Lipinski definition) is 2. The third-order valence-electron chi connectivity index (χ3n) is 3.94.